The summed E-state index contributed by atoms with van der Waals surface area (Å²) in [6.45, 7) is 4.08. The van der Waals surface area contributed by atoms with Crippen LogP contribution in [-0.4, -0.2) is 19.7 Å². The van der Waals surface area contributed by atoms with Crippen LogP contribution in [0, 0.1) is 5.92 Å². The van der Waals surface area contributed by atoms with E-state index in [4.69, 9.17) is 10.2 Å². The Hall–Kier alpha value is -1.40. The fourth-order valence-corrected chi connectivity index (χ4v) is 2.44. The van der Waals surface area contributed by atoms with E-state index in [9.17, 15) is 8.42 Å². The minimum atomic E-state index is -3.24. The molecule has 2 rings (SSSR count). The number of benzene rings is 1. The van der Waals surface area contributed by atoms with E-state index in [0.717, 1.165) is 6.42 Å². The van der Waals surface area contributed by atoms with E-state index in [0.29, 0.717) is 17.0 Å². The molecule has 0 bridgehead atoms. The largest absolute Gasteiger partial charge is 0.439 e. The van der Waals surface area contributed by atoms with Crippen LogP contribution in [0.4, 0.5) is 0 Å². The number of sulfone groups is 1. The Morgan fingerprint density at radius 1 is 1.42 bits per heavy atom. The molecule has 1 aromatic heterocycles. The van der Waals surface area contributed by atoms with Gasteiger partial charge in [-0.3, -0.25) is 0 Å². The Kier molecular flexibility index (Phi) is 3.64. The molecule has 1 heterocycles. The zero-order valence-electron chi connectivity index (χ0n) is 11.3. The lowest BCUT2D eigenvalue weighted by Crippen LogP contribution is -2.18. The van der Waals surface area contributed by atoms with Crippen molar-refractivity contribution < 1.29 is 12.8 Å². The van der Waals surface area contributed by atoms with Gasteiger partial charge in [-0.15, -0.1) is 0 Å². The standard InChI is InChI=1S/C13H18N2O3S/c1-4-8(2)12(14)13-15-10-7-9(19(3,16)17)5-6-11(10)18-13/h5-8,12H,4,14H2,1-3H3. The Labute approximate surface area is 112 Å². The fraction of sp³-hybridized carbons (Fsp3) is 0.462. The third-order valence-corrected chi connectivity index (χ3v) is 4.46. The lowest BCUT2D eigenvalue weighted by Gasteiger charge is -2.13. The van der Waals surface area contributed by atoms with E-state index in [2.05, 4.69) is 11.9 Å². The van der Waals surface area contributed by atoms with Crippen molar-refractivity contribution in [3.05, 3.63) is 24.1 Å². The highest BCUT2D eigenvalue weighted by atomic mass is 32.2. The molecule has 0 spiro atoms. The van der Waals surface area contributed by atoms with Crippen LogP contribution in [0.25, 0.3) is 11.1 Å². The van der Waals surface area contributed by atoms with E-state index in [1.165, 1.54) is 18.4 Å². The maximum atomic E-state index is 11.5. The first-order valence-electron chi connectivity index (χ1n) is 6.19. The Bertz CT molecular complexity index is 691. The molecule has 2 N–H and O–H groups in total. The van der Waals surface area contributed by atoms with Crippen LogP contribution < -0.4 is 5.73 Å². The molecule has 0 aliphatic carbocycles. The monoisotopic (exact) mass is 282 g/mol. The molecular formula is C13H18N2O3S. The summed E-state index contributed by atoms with van der Waals surface area (Å²) in [5.74, 6) is 0.706. The molecule has 0 fully saturated rings. The molecule has 2 unspecified atom stereocenters. The normalized spacial score (nSPS) is 15.6. The van der Waals surface area contributed by atoms with Crippen molar-refractivity contribution in [1.29, 1.82) is 0 Å². The van der Waals surface area contributed by atoms with Crippen LogP contribution >= 0.6 is 0 Å². The zero-order chi connectivity index (χ0) is 14.2. The topological polar surface area (TPSA) is 86.2 Å². The Morgan fingerprint density at radius 2 is 2.11 bits per heavy atom. The third kappa shape index (κ3) is 2.79. The molecule has 0 radical (unpaired) electrons. The van der Waals surface area contributed by atoms with Gasteiger partial charge >= 0.3 is 0 Å². The summed E-state index contributed by atoms with van der Waals surface area (Å²) in [4.78, 5) is 4.53. The second-order valence-corrected chi connectivity index (χ2v) is 6.88. The third-order valence-electron chi connectivity index (χ3n) is 3.35. The molecule has 0 aliphatic rings. The lowest BCUT2D eigenvalue weighted by molar-refractivity contribution is 0.375. The van der Waals surface area contributed by atoms with Gasteiger partial charge in [-0.05, 0) is 24.1 Å². The van der Waals surface area contributed by atoms with Gasteiger partial charge in [-0.25, -0.2) is 13.4 Å². The molecule has 0 amide bonds. The number of fused-ring (bicyclic) bond motifs is 1. The van der Waals surface area contributed by atoms with Gasteiger partial charge in [0.15, 0.2) is 15.4 Å². The van der Waals surface area contributed by atoms with Crippen molar-refractivity contribution in [2.75, 3.05) is 6.26 Å². The first-order valence-corrected chi connectivity index (χ1v) is 8.08. The summed E-state index contributed by atoms with van der Waals surface area (Å²) >= 11 is 0. The van der Waals surface area contributed by atoms with Crippen LogP contribution in [0.15, 0.2) is 27.5 Å². The zero-order valence-corrected chi connectivity index (χ0v) is 12.1. The van der Waals surface area contributed by atoms with Crippen molar-refractivity contribution >= 4 is 20.9 Å². The smallest absolute Gasteiger partial charge is 0.212 e. The Morgan fingerprint density at radius 3 is 2.68 bits per heavy atom. The van der Waals surface area contributed by atoms with Crippen molar-refractivity contribution in [3.8, 4) is 0 Å². The SMILES string of the molecule is CCC(C)C(N)c1nc2cc(S(C)(=O)=O)ccc2o1. The number of oxazole rings is 1. The van der Waals surface area contributed by atoms with E-state index in [-0.39, 0.29) is 16.9 Å². The molecule has 0 saturated carbocycles. The van der Waals surface area contributed by atoms with Gasteiger partial charge in [-0.1, -0.05) is 20.3 Å². The van der Waals surface area contributed by atoms with Crippen LogP contribution in [0.5, 0.6) is 0 Å². The summed E-state index contributed by atoms with van der Waals surface area (Å²) in [6, 6.07) is 4.37. The van der Waals surface area contributed by atoms with E-state index in [1.807, 2.05) is 6.92 Å². The van der Waals surface area contributed by atoms with Gasteiger partial charge in [-0.2, -0.15) is 0 Å². The second kappa shape index (κ2) is 4.94. The number of nitrogens with zero attached hydrogens (tertiary/aromatic N) is 1. The summed E-state index contributed by atoms with van der Waals surface area (Å²) in [5, 5.41) is 0. The van der Waals surface area contributed by atoms with Crippen LogP contribution in [-0.2, 0) is 9.84 Å². The van der Waals surface area contributed by atoms with Crippen molar-refractivity contribution in [2.45, 2.75) is 31.2 Å². The molecule has 0 aliphatic heterocycles. The highest BCUT2D eigenvalue weighted by Gasteiger charge is 2.20. The van der Waals surface area contributed by atoms with E-state index in [1.54, 1.807) is 6.07 Å². The number of aromatic nitrogens is 1. The fourth-order valence-electron chi connectivity index (χ4n) is 1.80. The van der Waals surface area contributed by atoms with Gasteiger partial charge in [0.2, 0.25) is 5.89 Å². The number of nitrogens with two attached hydrogens (primary N) is 1. The van der Waals surface area contributed by atoms with E-state index < -0.39 is 9.84 Å². The quantitative estimate of drug-likeness (QED) is 0.929. The first kappa shape index (κ1) is 14.0. The maximum Gasteiger partial charge on any atom is 0.212 e. The highest BCUT2D eigenvalue weighted by Crippen LogP contribution is 2.26. The summed E-state index contributed by atoms with van der Waals surface area (Å²) in [5.41, 5.74) is 7.14. The van der Waals surface area contributed by atoms with Gasteiger partial charge < -0.3 is 10.2 Å². The minimum absolute atomic E-state index is 0.233. The van der Waals surface area contributed by atoms with Crippen LogP contribution in [0.2, 0.25) is 0 Å². The Balaban J connectivity index is 2.47. The van der Waals surface area contributed by atoms with E-state index >= 15 is 0 Å². The predicted molar refractivity (Wildman–Crippen MR) is 73.5 cm³/mol. The maximum absolute atomic E-state index is 11.5. The molecule has 6 heteroatoms. The van der Waals surface area contributed by atoms with Crippen molar-refractivity contribution in [3.63, 3.8) is 0 Å². The molecule has 19 heavy (non-hydrogen) atoms. The molecular weight excluding hydrogens is 264 g/mol. The molecule has 1 aromatic carbocycles. The van der Waals surface area contributed by atoms with Crippen molar-refractivity contribution in [1.82, 2.24) is 4.98 Å². The van der Waals surface area contributed by atoms with Gasteiger partial charge in [0, 0.05) is 6.26 Å². The molecule has 5 nitrogen and oxygen atoms in total. The summed E-state index contributed by atoms with van der Waals surface area (Å²) < 4.78 is 28.6. The molecule has 0 saturated heterocycles. The average Bonchev–Trinajstić information content (AvgIpc) is 2.78. The highest BCUT2D eigenvalue weighted by molar-refractivity contribution is 7.90. The van der Waals surface area contributed by atoms with Crippen LogP contribution in [0.1, 0.15) is 32.2 Å². The van der Waals surface area contributed by atoms with Crippen LogP contribution in [0.3, 0.4) is 0 Å². The number of rotatable bonds is 4. The predicted octanol–water partition coefficient (Wildman–Crippen LogP) is 2.28. The first-order chi connectivity index (χ1) is 8.82. The summed E-state index contributed by atoms with van der Waals surface area (Å²) in [7, 11) is -3.24. The molecule has 2 aromatic rings. The number of hydrogen-bond donors (Lipinski definition) is 1. The van der Waals surface area contributed by atoms with Gasteiger partial charge in [0.05, 0.1) is 10.9 Å². The summed E-state index contributed by atoms with van der Waals surface area (Å²) in [6.07, 6.45) is 2.09. The average molecular weight is 282 g/mol. The minimum Gasteiger partial charge on any atom is -0.439 e. The van der Waals surface area contributed by atoms with Gasteiger partial charge in [0.25, 0.3) is 0 Å². The second-order valence-electron chi connectivity index (χ2n) is 4.87. The lowest BCUT2D eigenvalue weighted by atomic mass is 10.0. The van der Waals surface area contributed by atoms with Gasteiger partial charge in [0.1, 0.15) is 5.52 Å². The molecule has 2 atom stereocenters. The number of hydrogen-bond acceptors (Lipinski definition) is 5. The van der Waals surface area contributed by atoms with Crippen molar-refractivity contribution in [2.24, 2.45) is 11.7 Å². The molecule has 104 valence electrons.